The summed E-state index contributed by atoms with van der Waals surface area (Å²) in [6.07, 6.45) is -7.40. The van der Waals surface area contributed by atoms with Crippen LogP contribution in [0, 0.1) is 5.82 Å². The standard InChI is InChI=1S/C16H17F7N4O/c1-7(15(18,19)20)24-13-11(17)14(25-8(2)16(21,22)23)27-12(26-13)9-4-3-5-10(28)6-9/h6-8H,3-5H2,1-2H3,(H2,24,25,26,27)/t7-,8-/m1/s1. The van der Waals surface area contributed by atoms with Crippen molar-refractivity contribution in [3.8, 4) is 0 Å². The summed E-state index contributed by atoms with van der Waals surface area (Å²) in [5, 5.41) is 3.62. The molecule has 1 aromatic rings. The number of anilines is 2. The van der Waals surface area contributed by atoms with E-state index in [1.807, 2.05) is 10.6 Å². The van der Waals surface area contributed by atoms with Crippen LogP contribution in [0.3, 0.4) is 0 Å². The molecule has 2 rings (SSSR count). The normalized spacial score (nSPS) is 17.8. The third-order valence-corrected chi connectivity index (χ3v) is 4.03. The van der Waals surface area contributed by atoms with Gasteiger partial charge < -0.3 is 10.6 Å². The second-order valence-corrected chi connectivity index (χ2v) is 6.36. The molecule has 0 amide bonds. The zero-order valence-electron chi connectivity index (χ0n) is 14.8. The van der Waals surface area contributed by atoms with Crippen molar-refractivity contribution < 1.29 is 35.5 Å². The van der Waals surface area contributed by atoms with E-state index in [2.05, 4.69) is 9.97 Å². The predicted octanol–water partition coefficient (Wildman–Crippen LogP) is 4.48. The number of nitrogens with one attached hydrogen (secondary N) is 2. The van der Waals surface area contributed by atoms with Crippen LogP contribution in [0.1, 0.15) is 38.9 Å². The minimum Gasteiger partial charge on any atom is -0.356 e. The average molecular weight is 414 g/mol. The molecule has 1 heterocycles. The van der Waals surface area contributed by atoms with Crippen LogP contribution >= 0.6 is 0 Å². The highest BCUT2D eigenvalue weighted by Gasteiger charge is 2.39. The molecule has 5 nitrogen and oxygen atoms in total. The number of hydrogen-bond donors (Lipinski definition) is 2. The molecule has 0 bridgehead atoms. The van der Waals surface area contributed by atoms with E-state index in [1.54, 1.807) is 0 Å². The van der Waals surface area contributed by atoms with Gasteiger partial charge in [0.15, 0.2) is 23.2 Å². The topological polar surface area (TPSA) is 66.9 Å². The summed E-state index contributed by atoms with van der Waals surface area (Å²) in [6.45, 7) is 1.41. The molecule has 12 heteroatoms. The number of aromatic nitrogens is 2. The van der Waals surface area contributed by atoms with Gasteiger partial charge in [-0.25, -0.2) is 9.97 Å². The summed E-state index contributed by atoms with van der Waals surface area (Å²) in [5.74, 6) is -3.91. The van der Waals surface area contributed by atoms with Crippen molar-refractivity contribution in [3.63, 3.8) is 0 Å². The highest BCUT2D eigenvalue weighted by atomic mass is 19.4. The maximum Gasteiger partial charge on any atom is 0.408 e. The Balaban J connectivity index is 2.49. The van der Waals surface area contributed by atoms with Crippen LogP contribution in [-0.2, 0) is 4.79 Å². The van der Waals surface area contributed by atoms with Gasteiger partial charge in [0, 0.05) is 12.0 Å². The molecule has 156 valence electrons. The minimum atomic E-state index is -4.75. The average Bonchev–Trinajstić information content (AvgIpc) is 2.56. The van der Waals surface area contributed by atoms with E-state index in [1.165, 1.54) is 0 Å². The molecule has 1 aliphatic carbocycles. The number of ketones is 1. The first-order chi connectivity index (χ1) is 12.8. The maximum atomic E-state index is 14.5. The SMILES string of the molecule is C[C@@H](Nc1nc(C2=CC(=O)CCC2)nc(N[C@H](C)C(F)(F)F)c1F)C(F)(F)F. The van der Waals surface area contributed by atoms with Crippen LogP contribution in [0.5, 0.6) is 0 Å². The van der Waals surface area contributed by atoms with Crippen molar-refractivity contribution in [3.05, 3.63) is 17.7 Å². The summed E-state index contributed by atoms with van der Waals surface area (Å²) >= 11 is 0. The molecule has 2 N–H and O–H groups in total. The molecule has 0 saturated carbocycles. The Labute approximate surface area is 155 Å². The smallest absolute Gasteiger partial charge is 0.356 e. The summed E-state index contributed by atoms with van der Waals surface area (Å²) in [5.41, 5.74) is 0.210. The fourth-order valence-electron chi connectivity index (χ4n) is 2.32. The highest BCUT2D eigenvalue weighted by molar-refractivity contribution is 5.97. The highest BCUT2D eigenvalue weighted by Crippen LogP contribution is 2.31. The number of nitrogens with zero attached hydrogens (tertiary/aromatic N) is 2. The Kier molecular flexibility index (Phi) is 6.19. The van der Waals surface area contributed by atoms with Gasteiger partial charge >= 0.3 is 12.4 Å². The Hall–Kier alpha value is -2.40. The van der Waals surface area contributed by atoms with E-state index in [0.717, 1.165) is 6.08 Å². The number of allylic oxidation sites excluding steroid dienone is 2. The maximum absolute atomic E-state index is 14.5. The second kappa shape index (κ2) is 7.92. The van der Waals surface area contributed by atoms with E-state index in [4.69, 9.17) is 0 Å². The largest absolute Gasteiger partial charge is 0.408 e. The Morgan fingerprint density at radius 2 is 1.39 bits per heavy atom. The Bertz CT molecular complexity index is 730. The van der Waals surface area contributed by atoms with Gasteiger partial charge in [-0.2, -0.15) is 30.7 Å². The third-order valence-electron chi connectivity index (χ3n) is 4.03. The van der Waals surface area contributed by atoms with Gasteiger partial charge in [0.25, 0.3) is 0 Å². The Morgan fingerprint density at radius 1 is 0.929 bits per heavy atom. The van der Waals surface area contributed by atoms with Gasteiger partial charge in [-0.3, -0.25) is 4.79 Å². The summed E-state index contributed by atoms with van der Waals surface area (Å²) in [4.78, 5) is 18.9. The van der Waals surface area contributed by atoms with E-state index < -0.39 is 41.9 Å². The van der Waals surface area contributed by atoms with Gasteiger partial charge in [0.05, 0.1) is 0 Å². The van der Waals surface area contributed by atoms with Crippen LogP contribution in [0.15, 0.2) is 6.08 Å². The first-order valence-electron chi connectivity index (χ1n) is 8.27. The molecule has 2 atom stereocenters. The van der Waals surface area contributed by atoms with Crippen molar-refractivity contribution in [2.75, 3.05) is 10.6 Å². The fourth-order valence-corrected chi connectivity index (χ4v) is 2.32. The van der Waals surface area contributed by atoms with Crippen LogP contribution in [0.4, 0.5) is 42.4 Å². The predicted molar refractivity (Wildman–Crippen MR) is 87.1 cm³/mol. The quantitative estimate of drug-likeness (QED) is 0.696. The van der Waals surface area contributed by atoms with Gasteiger partial charge in [-0.1, -0.05) is 0 Å². The molecule has 0 radical (unpaired) electrons. The van der Waals surface area contributed by atoms with Gasteiger partial charge in [0.1, 0.15) is 12.1 Å². The third kappa shape index (κ3) is 5.32. The number of hydrogen-bond acceptors (Lipinski definition) is 5. The molecule has 0 aromatic carbocycles. The number of carbonyl (C=O) groups excluding carboxylic acids is 1. The second-order valence-electron chi connectivity index (χ2n) is 6.36. The lowest BCUT2D eigenvalue weighted by atomic mass is 9.98. The molecule has 0 aliphatic heterocycles. The van der Waals surface area contributed by atoms with Gasteiger partial charge in [0.2, 0.25) is 5.82 Å². The van der Waals surface area contributed by atoms with E-state index in [0.29, 0.717) is 20.3 Å². The molecule has 0 fully saturated rings. The number of alkyl halides is 6. The number of rotatable bonds is 5. The molecular formula is C16H17F7N4O. The van der Waals surface area contributed by atoms with Crippen molar-refractivity contribution >= 4 is 23.0 Å². The minimum absolute atomic E-state index is 0.210. The first kappa shape index (κ1) is 21.9. The first-order valence-corrected chi connectivity index (χ1v) is 8.27. The molecule has 0 spiro atoms. The summed E-state index contributed by atoms with van der Waals surface area (Å²) in [6, 6.07) is -4.45. The molecule has 0 unspecified atom stereocenters. The van der Waals surface area contributed by atoms with Crippen molar-refractivity contribution in [2.24, 2.45) is 0 Å². The zero-order valence-corrected chi connectivity index (χ0v) is 14.8. The van der Waals surface area contributed by atoms with Crippen molar-refractivity contribution in [1.29, 1.82) is 0 Å². The van der Waals surface area contributed by atoms with Gasteiger partial charge in [-0.15, -0.1) is 0 Å². The summed E-state index contributed by atoms with van der Waals surface area (Å²) in [7, 11) is 0. The van der Waals surface area contributed by atoms with Crippen molar-refractivity contribution in [1.82, 2.24) is 9.97 Å². The van der Waals surface area contributed by atoms with E-state index in [9.17, 15) is 35.5 Å². The molecule has 0 saturated heterocycles. The van der Waals surface area contributed by atoms with Crippen LogP contribution in [0.25, 0.3) is 5.57 Å². The molecule has 1 aromatic heterocycles. The van der Waals surface area contributed by atoms with Crippen LogP contribution in [-0.4, -0.2) is 40.2 Å². The lowest BCUT2D eigenvalue weighted by Gasteiger charge is -2.22. The van der Waals surface area contributed by atoms with Crippen molar-refractivity contribution in [2.45, 2.75) is 57.5 Å². The van der Waals surface area contributed by atoms with Gasteiger partial charge in [-0.05, 0) is 32.8 Å². The van der Waals surface area contributed by atoms with Crippen LogP contribution < -0.4 is 10.6 Å². The number of carbonyl (C=O) groups is 1. The monoisotopic (exact) mass is 414 g/mol. The zero-order chi connectivity index (χ0) is 21.3. The lowest BCUT2D eigenvalue weighted by molar-refractivity contribution is -0.139. The Morgan fingerprint density at radius 3 is 1.79 bits per heavy atom. The number of halogens is 7. The fraction of sp³-hybridized carbons (Fsp3) is 0.562. The lowest BCUT2D eigenvalue weighted by Crippen LogP contribution is -2.35. The molecule has 1 aliphatic rings. The molecular weight excluding hydrogens is 397 g/mol. The summed E-state index contributed by atoms with van der Waals surface area (Å²) < 4.78 is 91.3. The van der Waals surface area contributed by atoms with Crippen LogP contribution in [0.2, 0.25) is 0 Å². The molecule has 28 heavy (non-hydrogen) atoms. The van der Waals surface area contributed by atoms with E-state index in [-0.39, 0.29) is 30.0 Å². The van der Waals surface area contributed by atoms with E-state index >= 15 is 0 Å².